The molecule has 0 aromatic heterocycles. The van der Waals surface area contributed by atoms with Crippen molar-refractivity contribution in [3.63, 3.8) is 0 Å². The first-order chi connectivity index (χ1) is 12.9. The van der Waals surface area contributed by atoms with Crippen molar-refractivity contribution in [3.8, 4) is 0 Å². The highest BCUT2D eigenvalue weighted by Crippen LogP contribution is 2.24. The van der Waals surface area contributed by atoms with E-state index >= 15 is 0 Å². The van der Waals surface area contributed by atoms with Crippen LogP contribution in [0, 0.1) is 6.92 Å². The molecule has 2 amide bonds. The van der Waals surface area contributed by atoms with Crippen molar-refractivity contribution in [2.24, 2.45) is 0 Å². The van der Waals surface area contributed by atoms with Gasteiger partial charge in [0.2, 0.25) is 10.0 Å². The van der Waals surface area contributed by atoms with Crippen molar-refractivity contribution in [1.29, 1.82) is 0 Å². The quantitative estimate of drug-likeness (QED) is 0.782. The molecule has 142 valence electrons. The van der Waals surface area contributed by atoms with Gasteiger partial charge in [-0.05, 0) is 42.7 Å². The number of benzene rings is 2. The van der Waals surface area contributed by atoms with Crippen LogP contribution in [0.15, 0.2) is 48.5 Å². The molecule has 7 nitrogen and oxygen atoms in total. The van der Waals surface area contributed by atoms with Crippen LogP contribution in [0.5, 0.6) is 0 Å². The summed E-state index contributed by atoms with van der Waals surface area (Å²) in [4.78, 5) is 24.0. The summed E-state index contributed by atoms with van der Waals surface area (Å²) in [5.41, 5.74) is 2.84. The first-order valence-corrected chi connectivity index (χ1v) is 10.2. The Kier molecular flexibility index (Phi) is 5.46. The van der Waals surface area contributed by atoms with Crippen LogP contribution in [-0.2, 0) is 26.2 Å². The fourth-order valence-corrected chi connectivity index (χ4v) is 4.43. The Bertz CT molecular complexity index is 955. The van der Waals surface area contributed by atoms with Crippen LogP contribution in [0.1, 0.15) is 17.5 Å². The average Bonchev–Trinajstić information content (AvgIpc) is 3.01. The Morgan fingerprint density at radius 1 is 1.04 bits per heavy atom. The lowest BCUT2D eigenvalue weighted by Crippen LogP contribution is -2.35. The predicted molar refractivity (Wildman–Crippen MR) is 104 cm³/mol. The van der Waals surface area contributed by atoms with E-state index in [-0.39, 0.29) is 12.3 Å². The molecule has 1 aliphatic rings. The van der Waals surface area contributed by atoms with Gasteiger partial charge in [-0.25, -0.2) is 8.42 Å². The molecule has 0 atom stereocenters. The third-order valence-electron chi connectivity index (χ3n) is 4.38. The number of sulfonamides is 1. The van der Waals surface area contributed by atoms with E-state index in [1.807, 2.05) is 19.1 Å². The zero-order valence-corrected chi connectivity index (χ0v) is 15.8. The van der Waals surface area contributed by atoms with E-state index in [1.165, 1.54) is 4.31 Å². The number of carbonyl (C=O) groups is 2. The lowest BCUT2D eigenvalue weighted by molar-refractivity contribution is -0.136. The average molecular weight is 387 g/mol. The summed E-state index contributed by atoms with van der Waals surface area (Å²) in [5.74, 6) is -1.30. The maximum atomic E-state index is 12.0. The van der Waals surface area contributed by atoms with Gasteiger partial charge in [-0.1, -0.05) is 30.3 Å². The highest BCUT2D eigenvalue weighted by atomic mass is 32.2. The normalized spacial score (nSPS) is 15.4. The number of anilines is 2. The lowest BCUT2D eigenvalue weighted by Gasteiger charge is -2.17. The van der Waals surface area contributed by atoms with E-state index < -0.39 is 21.8 Å². The van der Waals surface area contributed by atoms with Gasteiger partial charge in [0.25, 0.3) is 0 Å². The monoisotopic (exact) mass is 387 g/mol. The summed E-state index contributed by atoms with van der Waals surface area (Å²) in [6, 6.07) is 14.1. The molecule has 1 saturated heterocycles. The van der Waals surface area contributed by atoms with Crippen LogP contribution in [0.2, 0.25) is 0 Å². The Morgan fingerprint density at radius 2 is 1.74 bits per heavy atom. The molecular weight excluding hydrogens is 366 g/mol. The number of hydrogen-bond acceptors (Lipinski definition) is 4. The van der Waals surface area contributed by atoms with E-state index in [4.69, 9.17) is 0 Å². The van der Waals surface area contributed by atoms with Gasteiger partial charge in [0.1, 0.15) is 0 Å². The summed E-state index contributed by atoms with van der Waals surface area (Å²) in [7, 11) is -3.21. The molecule has 1 fully saturated rings. The first kappa shape index (κ1) is 18.9. The Morgan fingerprint density at radius 3 is 2.37 bits per heavy atom. The third kappa shape index (κ3) is 4.46. The fraction of sp³-hybridized carbons (Fsp3) is 0.263. The smallest absolute Gasteiger partial charge is 0.313 e. The number of rotatable bonds is 4. The zero-order valence-electron chi connectivity index (χ0n) is 14.9. The van der Waals surface area contributed by atoms with Crippen molar-refractivity contribution in [2.75, 3.05) is 21.9 Å². The van der Waals surface area contributed by atoms with Crippen LogP contribution in [0.3, 0.4) is 0 Å². The van der Waals surface area contributed by atoms with Gasteiger partial charge in [0.05, 0.1) is 11.4 Å². The van der Waals surface area contributed by atoms with Crippen molar-refractivity contribution in [2.45, 2.75) is 19.9 Å². The number of aryl methyl sites for hydroxylation is 1. The molecule has 8 heteroatoms. The van der Waals surface area contributed by atoms with Crippen LogP contribution in [0.4, 0.5) is 11.4 Å². The molecule has 1 heterocycles. The summed E-state index contributed by atoms with van der Waals surface area (Å²) in [6.07, 6.45) is 0.621. The van der Waals surface area contributed by atoms with E-state index in [1.54, 1.807) is 36.4 Å². The van der Waals surface area contributed by atoms with Gasteiger partial charge in [0, 0.05) is 18.8 Å². The molecule has 0 saturated carbocycles. The van der Waals surface area contributed by atoms with Gasteiger partial charge < -0.3 is 10.6 Å². The van der Waals surface area contributed by atoms with Crippen molar-refractivity contribution >= 4 is 33.2 Å². The second kappa shape index (κ2) is 7.79. The summed E-state index contributed by atoms with van der Waals surface area (Å²) in [6.45, 7) is 2.50. The van der Waals surface area contributed by atoms with Crippen molar-refractivity contribution < 1.29 is 18.0 Å². The first-order valence-electron chi connectivity index (χ1n) is 8.61. The Hall–Kier alpha value is -2.87. The van der Waals surface area contributed by atoms with Crippen LogP contribution < -0.4 is 14.9 Å². The molecule has 2 aromatic rings. The molecular formula is C19H21N3O4S. The topological polar surface area (TPSA) is 95.6 Å². The minimum absolute atomic E-state index is 0.167. The van der Waals surface area contributed by atoms with Crippen molar-refractivity contribution in [1.82, 2.24) is 5.32 Å². The minimum Gasteiger partial charge on any atom is -0.344 e. The Balaban J connectivity index is 1.56. The fourth-order valence-electron chi connectivity index (χ4n) is 2.86. The van der Waals surface area contributed by atoms with Crippen LogP contribution in [0.25, 0.3) is 0 Å². The molecule has 0 aliphatic carbocycles. The molecule has 27 heavy (non-hydrogen) atoms. The number of nitrogens with one attached hydrogen (secondary N) is 2. The number of hydrogen-bond donors (Lipinski definition) is 2. The molecule has 2 aromatic carbocycles. The number of amides is 2. The number of para-hydroxylation sites is 1. The molecule has 2 N–H and O–H groups in total. The lowest BCUT2D eigenvalue weighted by atomic mass is 10.2. The molecule has 0 radical (unpaired) electrons. The second-order valence-electron chi connectivity index (χ2n) is 6.36. The zero-order chi connectivity index (χ0) is 19.4. The maximum Gasteiger partial charge on any atom is 0.313 e. The van der Waals surface area contributed by atoms with Gasteiger partial charge in [-0.2, -0.15) is 0 Å². The highest BCUT2D eigenvalue weighted by molar-refractivity contribution is 7.93. The summed E-state index contributed by atoms with van der Waals surface area (Å²) >= 11 is 0. The second-order valence-corrected chi connectivity index (χ2v) is 8.37. The van der Waals surface area contributed by atoms with Gasteiger partial charge in [-0.15, -0.1) is 0 Å². The number of carbonyl (C=O) groups excluding carboxylic acids is 2. The van der Waals surface area contributed by atoms with Crippen molar-refractivity contribution in [3.05, 3.63) is 59.7 Å². The van der Waals surface area contributed by atoms with E-state index in [9.17, 15) is 18.0 Å². The molecule has 1 aliphatic heterocycles. The summed E-state index contributed by atoms with van der Waals surface area (Å²) < 4.78 is 25.3. The Labute approximate surface area is 158 Å². The van der Waals surface area contributed by atoms with Crippen LogP contribution >= 0.6 is 0 Å². The third-order valence-corrected chi connectivity index (χ3v) is 6.25. The molecule has 3 rings (SSSR count). The summed E-state index contributed by atoms with van der Waals surface area (Å²) in [5, 5.41) is 5.14. The molecule has 0 unspecified atom stereocenters. The molecule has 0 spiro atoms. The van der Waals surface area contributed by atoms with E-state index in [0.717, 1.165) is 11.1 Å². The van der Waals surface area contributed by atoms with Gasteiger partial charge in [-0.3, -0.25) is 13.9 Å². The predicted octanol–water partition coefficient (Wildman–Crippen LogP) is 1.79. The highest BCUT2D eigenvalue weighted by Gasteiger charge is 2.28. The van der Waals surface area contributed by atoms with Gasteiger partial charge in [0.15, 0.2) is 0 Å². The van der Waals surface area contributed by atoms with E-state index in [2.05, 4.69) is 10.6 Å². The maximum absolute atomic E-state index is 12.0. The van der Waals surface area contributed by atoms with E-state index in [0.29, 0.717) is 24.3 Å². The SMILES string of the molecule is Cc1ccccc1NC(=O)C(=O)NCc1ccc(N2CCCS2(=O)=O)cc1. The van der Waals surface area contributed by atoms with Crippen LogP contribution in [-0.4, -0.2) is 32.5 Å². The largest absolute Gasteiger partial charge is 0.344 e. The molecule has 0 bridgehead atoms. The minimum atomic E-state index is -3.21. The standard InChI is InChI=1S/C19H21N3O4S/c1-14-5-2-3-6-17(14)21-19(24)18(23)20-13-15-7-9-16(10-8-15)22-11-4-12-27(22,25)26/h2-3,5-10H,4,11-13H2,1H3,(H,20,23)(H,21,24). The number of nitrogens with zero attached hydrogens (tertiary/aromatic N) is 1. The van der Waals surface area contributed by atoms with Gasteiger partial charge >= 0.3 is 11.8 Å².